The molecule has 0 spiro atoms. The van der Waals surface area contributed by atoms with Crippen LogP contribution in [0.15, 0.2) is 17.2 Å². The highest BCUT2D eigenvalue weighted by molar-refractivity contribution is 7.89. The molecular weight excluding hydrogens is 336 g/mol. The summed E-state index contributed by atoms with van der Waals surface area (Å²) in [5.74, 6) is -2.32. The summed E-state index contributed by atoms with van der Waals surface area (Å²) < 4.78 is 33.3. The van der Waals surface area contributed by atoms with Gasteiger partial charge in [-0.25, -0.2) is 13.2 Å². The number of aryl methyl sites for hydroxylation is 1. The molecule has 24 heavy (non-hydrogen) atoms. The van der Waals surface area contributed by atoms with E-state index in [9.17, 15) is 23.1 Å². The van der Waals surface area contributed by atoms with Crippen LogP contribution in [-0.4, -0.2) is 53.5 Å². The first-order valence-electron chi connectivity index (χ1n) is 7.76. The second-order valence-corrected chi connectivity index (χ2v) is 7.82. The summed E-state index contributed by atoms with van der Waals surface area (Å²) in [4.78, 5) is 23.0. The van der Waals surface area contributed by atoms with Crippen LogP contribution in [0, 0.1) is 5.92 Å². The van der Waals surface area contributed by atoms with E-state index in [0.717, 1.165) is 0 Å². The fraction of sp³-hybridized carbons (Fsp3) is 0.600. The number of aliphatic carboxylic acids is 1. The highest BCUT2D eigenvalue weighted by Crippen LogP contribution is 2.29. The number of ether oxygens (including phenoxy) is 1. The molecule has 8 nitrogen and oxygen atoms in total. The summed E-state index contributed by atoms with van der Waals surface area (Å²) in [7, 11) is -2.33. The first-order valence-corrected chi connectivity index (χ1v) is 9.20. The van der Waals surface area contributed by atoms with Gasteiger partial charge in [-0.1, -0.05) is 0 Å². The average molecular weight is 358 g/mol. The molecule has 1 aliphatic rings. The summed E-state index contributed by atoms with van der Waals surface area (Å²) in [6.07, 6.45) is 2.28. The molecule has 2 rings (SSSR count). The number of aromatic nitrogens is 1. The number of hydrogen-bond acceptors (Lipinski definition) is 5. The summed E-state index contributed by atoms with van der Waals surface area (Å²) in [6.45, 7) is 3.54. The van der Waals surface area contributed by atoms with Gasteiger partial charge in [0.05, 0.1) is 12.5 Å². The quantitative estimate of drug-likeness (QED) is 0.790. The van der Waals surface area contributed by atoms with E-state index in [2.05, 4.69) is 0 Å². The molecule has 9 heteroatoms. The van der Waals surface area contributed by atoms with Crippen LogP contribution in [0.1, 0.15) is 37.2 Å². The normalized spacial score (nSPS) is 22.3. The Bertz CT molecular complexity index is 739. The van der Waals surface area contributed by atoms with Gasteiger partial charge in [-0.05, 0) is 32.8 Å². The van der Waals surface area contributed by atoms with Crippen LogP contribution in [0.3, 0.4) is 0 Å². The van der Waals surface area contributed by atoms with Gasteiger partial charge in [0.1, 0.15) is 10.6 Å². The molecule has 0 aromatic carbocycles. The van der Waals surface area contributed by atoms with Crippen LogP contribution in [0.2, 0.25) is 0 Å². The second kappa shape index (κ2) is 6.94. The minimum Gasteiger partial charge on any atom is -0.481 e. The van der Waals surface area contributed by atoms with Gasteiger partial charge < -0.3 is 14.4 Å². The zero-order chi connectivity index (χ0) is 18.1. The lowest BCUT2D eigenvalue weighted by molar-refractivity contribution is -0.143. The third kappa shape index (κ3) is 3.46. The van der Waals surface area contributed by atoms with Gasteiger partial charge in [0.15, 0.2) is 0 Å². The molecule has 2 unspecified atom stereocenters. The molecule has 1 saturated heterocycles. The van der Waals surface area contributed by atoms with Crippen LogP contribution in [0.25, 0.3) is 0 Å². The Labute approximate surface area is 141 Å². The summed E-state index contributed by atoms with van der Waals surface area (Å²) in [5.41, 5.74) is 0.134. The first-order chi connectivity index (χ1) is 11.2. The van der Waals surface area contributed by atoms with Gasteiger partial charge in [-0.2, -0.15) is 4.31 Å². The molecule has 0 amide bonds. The lowest BCUT2D eigenvalue weighted by Crippen LogP contribution is -2.47. The van der Waals surface area contributed by atoms with Gasteiger partial charge in [-0.3, -0.25) is 4.79 Å². The van der Waals surface area contributed by atoms with E-state index >= 15 is 0 Å². The Kier molecular flexibility index (Phi) is 5.34. The van der Waals surface area contributed by atoms with E-state index in [1.165, 1.54) is 21.1 Å². The SMILES string of the molecule is CCOC(=O)c1cc(S(=O)(=O)N2CC(C(=O)O)CCC2C)cn1C. The molecular formula is C15H22N2O6S. The number of carbonyl (C=O) groups is 2. The number of sulfonamides is 1. The van der Waals surface area contributed by atoms with Gasteiger partial charge in [0.25, 0.3) is 0 Å². The van der Waals surface area contributed by atoms with E-state index in [4.69, 9.17) is 4.74 Å². The van der Waals surface area contributed by atoms with Crippen molar-refractivity contribution in [3.8, 4) is 0 Å². The van der Waals surface area contributed by atoms with Crippen molar-refractivity contribution in [3.05, 3.63) is 18.0 Å². The molecule has 0 bridgehead atoms. The Morgan fingerprint density at radius 1 is 1.38 bits per heavy atom. The van der Waals surface area contributed by atoms with Crippen molar-refractivity contribution in [2.24, 2.45) is 13.0 Å². The van der Waals surface area contributed by atoms with E-state index in [-0.39, 0.29) is 29.8 Å². The lowest BCUT2D eigenvalue weighted by Gasteiger charge is -2.35. The van der Waals surface area contributed by atoms with Crippen LogP contribution in [0.4, 0.5) is 0 Å². The third-order valence-corrected chi connectivity index (χ3v) is 6.19. The van der Waals surface area contributed by atoms with Crippen molar-refractivity contribution in [2.75, 3.05) is 13.2 Å². The Morgan fingerprint density at radius 3 is 2.62 bits per heavy atom. The molecule has 1 fully saturated rings. The molecule has 2 heterocycles. The Balaban J connectivity index is 2.34. The summed E-state index contributed by atoms with van der Waals surface area (Å²) >= 11 is 0. The van der Waals surface area contributed by atoms with Crippen LogP contribution >= 0.6 is 0 Å². The topological polar surface area (TPSA) is 106 Å². The maximum Gasteiger partial charge on any atom is 0.354 e. The van der Waals surface area contributed by atoms with Crippen LogP contribution in [0.5, 0.6) is 0 Å². The van der Waals surface area contributed by atoms with Crippen LogP contribution in [-0.2, 0) is 26.6 Å². The monoisotopic (exact) mass is 358 g/mol. The first kappa shape index (κ1) is 18.5. The van der Waals surface area contributed by atoms with Crippen molar-refractivity contribution in [3.63, 3.8) is 0 Å². The zero-order valence-corrected chi connectivity index (χ0v) is 14.7. The second-order valence-electron chi connectivity index (χ2n) is 5.93. The maximum atomic E-state index is 12.9. The summed E-state index contributed by atoms with van der Waals surface area (Å²) in [6, 6.07) is 0.974. The lowest BCUT2D eigenvalue weighted by atomic mass is 9.96. The van der Waals surface area contributed by atoms with Crippen molar-refractivity contribution in [2.45, 2.75) is 37.6 Å². The van der Waals surface area contributed by atoms with Crippen molar-refractivity contribution in [1.29, 1.82) is 0 Å². The Hall–Kier alpha value is -1.87. The minimum absolute atomic E-state index is 0.0362. The fourth-order valence-corrected chi connectivity index (χ4v) is 4.61. The number of hydrogen-bond donors (Lipinski definition) is 1. The highest BCUT2D eigenvalue weighted by Gasteiger charge is 2.38. The van der Waals surface area contributed by atoms with Crippen LogP contribution < -0.4 is 0 Å². The van der Waals surface area contributed by atoms with Gasteiger partial charge in [-0.15, -0.1) is 0 Å². The largest absolute Gasteiger partial charge is 0.481 e. The number of carboxylic acids is 1. The number of piperidine rings is 1. The molecule has 1 N–H and O–H groups in total. The minimum atomic E-state index is -3.89. The smallest absolute Gasteiger partial charge is 0.354 e. The maximum absolute atomic E-state index is 12.9. The van der Waals surface area contributed by atoms with E-state index in [1.54, 1.807) is 20.9 Å². The van der Waals surface area contributed by atoms with Gasteiger partial charge in [0, 0.05) is 25.8 Å². The number of rotatable bonds is 5. The van der Waals surface area contributed by atoms with Crippen molar-refractivity contribution < 1.29 is 27.9 Å². The standard InChI is InChI=1S/C15H22N2O6S/c1-4-23-15(20)13-7-12(9-16(13)3)24(21,22)17-8-11(14(18)19)6-5-10(17)2/h7,9-11H,4-6,8H2,1-3H3,(H,18,19). The van der Waals surface area contributed by atoms with E-state index < -0.39 is 27.9 Å². The number of carboxylic acid groups (broad SMARTS) is 1. The number of esters is 1. The molecule has 0 saturated carbocycles. The van der Waals surface area contributed by atoms with Gasteiger partial charge in [0.2, 0.25) is 10.0 Å². The predicted molar refractivity (Wildman–Crippen MR) is 85.1 cm³/mol. The van der Waals surface area contributed by atoms with Gasteiger partial charge >= 0.3 is 11.9 Å². The molecule has 1 aliphatic heterocycles. The van der Waals surface area contributed by atoms with E-state index in [1.807, 2.05) is 0 Å². The average Bonchev–Trinajstić information content (AvgIpc) is 2.90. The third-order valence-electron chi connectivity index (χ3n) is 4.25. The van der Waals surface area contributed by atoms with Crippen molar-refractivity contribution >= 4 is 22.0 Å². The Morgan fingerprint density at radius 2 is 2.04 bits per heavy atom. The molecule has 0 radical (unpaired) electrons. The molecule has 1 aromatic heterocycles. The number of carbonyl (C=O) groups excluding carboxylic acids is 1. The highest BCUT2D eigenvalue weighted by atomic mass is 32.2. The predicted octanol–water partition coefficient (Wildman–Crippen LogP) is 1.08. The number of nitrogens with zero attached hydrogens (tertiary/aromatic N) is 2. The van der Waals surface area contributed by atoms with Crippen molar-refractivity contribution in [1.82, 2.24) is 8.87 Å². The molecule has 1 aromatic rings. The molecule has 2 atom stereocenters. The zero-order valence-electron chi connectivity index (χ0n) is 13.9. The fourth-order valence-electron chi connectivity index (χ4n) is 2.83. The molecule has 0 aliphatic carbocycles. The van der Waals surface area contributed by atoms with E-state index in [0.29, 0.717) is 12.8 Å². The molecule has 134 valence electrons. The summed E-state index contributed by atoms with van der Waals surface area (Å²) in [5, 5.41) is 9.17.